The van der Waals surface area contributed by atoms with Gasteiger partial charge in [-0.05, 0) is 13.8 Å². The zero-order chi connectivity index (χ0) is 14.7. The third-order valence-corrected chi connectivity index (χ3v) is 5.18. The lowest BCUT2D eigenvalue weighted by atomic mass is 10.3. The summed E-state index contributed by atoms with van der Waals surface area (Å²) in [6, 6.07) is 0. The maximum absolute atomic E-state index is 12.3. The van der Waals surface area contributed by atoms with E-state index < -0.39 is 0 Å². The fraction of sp³-hybridized carbons (Fsp3) is 0.667. The highest BCUT2D eigenvalue weighted by Crippen LogP contribution is 2.27. The predicted octanol–water partition coefficient (Wildman–Crippen LogP) is 1.02. The first kappa shape index (κ1) is 15.2. The molecule has 1 aliphatic heterocycles. The van der Waals surface area contributed by atoms with Crippen molar-refractivity contribution < 1.29 is 9.59 Å². The second-order valence-electron chi connectivity index (χ2n) is 4.68. The van der Waals surface area contributed by atoms with Crippen LogP contribution in [-0.4, -0.2) is 63.2 Å². The first-order valence-electron chi connectivity index (χ1n) is 6.48. The molecule has 2 rings (SSSR count). The largest absolute Gasteiger partial charge is 0.339 e. The van der Waals surface area contributed by atoms with E-state index in [0.717, 1.165) is 9.35 Å². The van der Waals surface area contributed by atoms with Gasteiger partial charge in [0.1, 0.15) is 5.01 Å². The molecular weight excluding hydrogens is 296 g/mol. The maximum atomic E-state index is 12.3. The summed E-state index contributed by atoms with van der Waals surface area (Å²) in [6.07, 6.45) is 0. The zero-order valence-electron chi connectivity index (χ0n) is 11.8. The first-order chi connectivity index (χ1) is 9.47. The molecule has 0 radical (unpaired) electrons. The number of aryl methyl sites for hydroxylation is 1. The van der Waals surface area contributed by atoms with Crippen molar-refractivity contribution >= 4 is 34.9 Å². The molecule has 0 aromatic carbocycles. The molecule has 0 saturated carbocycles. The molecular formula is C12H18N4O2S2. The Morgan fingerprint density at radius 2 is 1.80 bits per heavy atom. The molecule has 1 atom stereocenters. The van der Waals surface area contributed by atoms with Crippen LogP contribution < -0.4 is 0 Å². The molecule has 1 unspecified atom stereocenters. The van der Waals surface area contributed by atoms with E-state index in [-0.39, 0.29) is 17.1 Å². The van der Waals surface area contributed by atoms with Gasteiger partial charge in [0.2, 0.25) is 11.8 Å². The summed E-state index contributed by atoms with van der Waals surface area (Å²) in [5.41, 5.74) is 0. The molecule has 6 nitrogen and oxygen atoms in total. The van der Waals surface area contributed by atoms with Gasteiger partial charge in [-0.25, -0.2) is 0 Å². The van der Waals surface area contributed by atoms with Crippen molar-refractivity contribution in [2.45, 2.75) is 30.4 Å². The molecule has 1 aromatic heterocycles. The zero-order valence-corrected chi connectivity index (χ0v) is 13.5. The van der Waals surface area contributed by atoms with Crippen LogP contribution in [-0.2, 0) is 9.59 Å². The number of nitrogens with zero attached hydrogens (tertiary/aromatic N) is 4. The van der Waals surface area contributed by atoms with Crippen LogP contribution in [0.1, 0.15) is 18.9 Å². The van der Waals surface area contributed by atoms with E-state index in [2.05, 4.69) is 10.2 Å². The SMILES string of the molecule is CC(=O)N1CCN(C(=O)C(C)Sc2nnc(C)s2)CC1. The van der Waals surface area contributed by atoms with Crippen LogP contribution in [0, 0.1) is 6.92 Å². The topological polar surface area (TPSA) is 66.4 Å². The van der Waals surface area contributed by atoms with Gasteiger partial charge >= 0.3 is 0 Å². The minimum absolute atomic E-state index is 0.0730. The fourth-order valence-corrected chi connectivity index (χ4v) is 4.07. The molecule has 0 bridgehead atoms. The van der Waals surface area contributed by atoms with Gasteiger partial charge in [-0.15, -0.1) is 10.2 Å². The predicted molar refractivity (Wildman–Crippen MR) is 78.8 cm³/mol. The first-order valence-corrected chi connectivity index (χ1v) is 8.18. The Labute approximate surface area is 126 Å². The van der Waals surface area contributed by atoms with Crippen LogP contribution in [0.25, 0.3) is 0 Å². The minimum atomic E-state index is -0.175. The Bertz CT molecular complexity index is 497. The van der Waals surface area contributed by atoms with Gasteiger partial charge in [0, 0.05) is 33.1 Å². The lowest BCUT2D eigenvalue weighted by molar-refractivity contribution is -0.137. The van der Waals surface area contributed by atoms with Crippen LogP contribution in [0.3, 0.4) is 0 Å². The number of aromatic nitrogens is 2. The van der Waals surface area contributed by atoms with Crippen LogP contribution in [0.15, 0.2) is 4.34 Å². The van der Waals surface area contributed by atoms with Gasteiger partial charge in [0.25, 0.3) is 0 Å². The van der Waals surface area contributed by atoms with E-state index in [4.69, 9.17) is 0 Å². The molecule has 20 heavy (non-hydrogen) atoms. The number of piperazine rings is 1. The van der Waals surface area contributed by atoms with Crippen molar-refractivity contribution in [1.82, 2.24) is 20.0 Å². The average Bonchev–Trinajstić information content (AvgIpc) is 2.83. The highest BCUT2D eigenvalue weighted by molar-refractivity contribution is 8.02. The highest BCUT2D eigenvalue weighted by atomic mass is 32.2. The normalized spacial score (nSPS) is 17.1. The van der Waals surface area contributed by atoms with Crippen molar-refractivity contribution in [3.05, 3.63) is 5.01 Å². The smallest absolute Gasteiger partial charge is 0.235 e. The van der Waals surface area contributed by atoms with Gasteiger partial charge in [0.15, 0.2) is 4.34 Å². The van der Waals surface area contributed by atoms with Crippen molar-refractivity contribution in [3.8, 4) is 0 Å². The van der Waals surface area contributed by atoms with E-state index in [1.807, 2.05) is 18.7 Å². The molecule has 0 spiro atoms. The Hall–Kier alpha value is -1.15. The van der Waals surface area contributed by atoms with E-state index in [9.17, 15) is 9.59 Å². The number of carbonyl (C=O) groups excluding carboxylic acids is 2. The number of carbonyl (C=O) groups is 2. The fourth-order valence-electron chi connectivity index (χ4n) is 2.03. The second-order valence-corrected chi connectivity index (χ2v) is 7.45. The number of thioether (sulfide) groups is 1. The number of hydrogen-bond acceptors (Lipinski definition) is 6. The van der Waals surface area contributed by atoms with E-state index in [1.54, 1.807) is 11.8 Å². The summed E-state index contributed by atoms with van der Waals surface area (Å²) in [7, 11) is 0. The van der Waals surface area contributed by atoms with Gasteiger partial charge < -0.3 is 9.80 Å². The molecule has 1 aromatic rings. The van der Waals surface area contributed by atoms with Crippen LogP contribution in [0.5, 0.6) is 0 Å². The number of rotatable bonds is 3. The quantitative estimate of drug-likeness (QED) is 0.779. The van der Waals surface area contributed by atoms with E-state index in [0.29, 0.717) is 26.2 Å². The molecule has 1 saturated heterocycles. The summed E-state index contributed by atoms with van der Waals surface area (Å²) < 4.78 is 0.825. The van der Waals surface area contributed by atoms with Crippen molar-refractivity contribution in [3.63, 3.8) is 0 Å². The molecule has 110 valence electrons. The summed E-state index contributed by atoms with van der Waals surface area (Å²) >= 11 is 2.95. The van der Waals surface area contributed by atoms with Gasteiger partial charge in [-0.2, -0.15) is 0 Å². The molecule has 8 heteroatoms. The average molecular weight is 314 g/mol. The number of hydrogen-bond donors (Lipinski definition) is 0. The maximum Gasteiger partial charge on any atom is 0.235 e. The monoisotopic (exact) mass is 314 g/mol. The summed E-state index contributed by atoms with van der Waals surface area (Å²) in [5.74, 6) is 0.176. The minimum Gasteiger partial charge on any atom is -0.339 e. The Balaban J connectivity index is 1.86. The lowest BCUT2D eigenvalue weighted by Gasteiger charge is -2.35. The molecule has 2 amide bonds. The van der Waals surface area contributed by atoms with Crippen LogP contribution in [0.2, 0.25) is 0 Å². The number of amides is 2. The third-order valence-electron chi connectivity index (χ3n) is 3.17. The Morgan fingerprint density at radius 3 is 2.30 bits per heavy atom. The van der Waals surface area contributed by atoms with Crippen molar-refractivity contribution in [2.75, 3.05) is 26.2 Å². The van der Waals surface area contributed by atoms with Gasteiger partial charge in [0.05, 0.1) is 5.25 Å². The second kappa shape index (κ2) is 6.53. The summed E-state index contributed by atoms with van der Waals surface area (Å²) in [6.45, 7) is 7.81. The van der Waals surface area contributed by atoms with Crippen molar-refractivity contribution in [1.29, 1.82) is 0 Å². The molecule has 0 aliphatic carbocycles. The third kappa shape index (κ3) is 3.69. The van der Waals surface area contributed by atoms with E-state index >= 15 is 0 Å². The Kier molecular flexibility index (Phi) is 4.98. The van der Waals surface area contributed by atoms with Crippen LogP contribution in [0.4, 0.5) is 0 Å². The van der Waals surface area contributed by atoms with Gasteiger partial charge in [-0.1, -0.05) is 23.1 Å². The summed E-state index contributed by atoms with van der Waals surface area (Å²) in [4.78, 5) is 27.2. The molecule has 2 heterocycles. The highest BCUT2D eigenvalue weighted by Gasteiger charge is 2.26. The van der Waals surface area contributed by atoms with Crippen molar-refractivity contribution in [2.24, 2.45) is 0 Å². The molecule has 0 N–H and O–H groups in total. The van der Waals surface area contributed by atoms with Gasteiger partial charge in [-0.3, -0.25) is 9.59 Å². The van der Waals surface area contributed by atoms with Crippen LogP contribution >= 0.6 is 23.1 Å². The standard InChI is InChI=1S/C12H18N4O2S2/c1-8(19-12-14-13-9(2)20-12)11(18)16-6-4-15(5-7-16)10(3)17/h8H,4-7H2,1-3H3. The Morgan fingerprint density at radius 1 is 1.20 bits per heavy atom. The van der Waals surface area contributed by atoms with E-state index in [1.165, 1.54) is 23.1 Å². The molecule has 1 fully saturated rings. The summed E-state index contributed by atoms with van der Waals surface area (Å²) in [5, 5.41) is 8.71. The molecule has 1 aliphatic rings. The lowest BCUT2D eigenvalue weighted by Crippen LogP contribution is -2.51.